The monoisotopic (exact) mass is 521 g/mol. The van der Waals surface area contributed by atoms with Crippen LogP contribution in [0.4, 0.5) is 0 Å². The molecule has 3 aromatic rings. The van der Waals surface area contributed by atoms with Crippen LogP contribution >= 0.6 is 7.82 Å². The average molecular weight is 522 g/mol. The molecule has 4 rings (SSSR count). The van der Waals surface area contributed by atoms with E-state index in [1.165, 1.54) is 24.3 Å². The lowest BCUT2D eigenvalue weighted by atomic mass is 9.89. The average Bonchev–Trinajstić information content (AvgIpc) is 3.05. The van der Waals surface area contributed by atoms with Crippen LogP contribution in [0.3, 0.4) is 0 Å². The summed E-state index contributed by atoms with van der Waals surface area (Å²) in [6.07, 6.45) is 3.49. The molecule has 0 bridgehead atoms. The lowest BCUT2D eigenvalue weighted by Gasteiger charge is -2.20. The molecule has 0 spiro atoms. The van der Waals surface area contributed by atoms with E-state index in [0.29, 0.717) is 24.0 Å². The van der Waals surface area contributed by atoms with Crippen LogP contribution < -0.4 is 9.84 Å². The van der Waals surface area contributed by atoms with Crippen molar-refractivity contribution in [2.24, 2.45) is 5.92 Å². The molecule has 1 fully saturated rings. The number of rotatable bonds is 8. The maximum absolute atomic E-state index is 13.3. The molecular formula is C28H28NO7P. The van der Waals surface area contributed by atoms with E-state index < -0.39 is 19.8 Å². The first-order chi connectivity index (χ1) is 17.7. The number of nitrogens with one attached hydrogen (secondary N) is 1. The molecule has 192 valence electrons. The molecule has 1 amide bonds. The molecule has 9 heteroatoms. The highest BCUT2D eigenvalue weighted by molar-refractivity contribution is 7.46. The van der Waals surface area contributed by atoms with Crippen molar-refractivity contribution in [3.05, 3.63) is 101 Å². The lowest BCUT2D eigenvalue weighted by molar-refractivity contribution is -0.124. The van der Waals surface area contributed by atoms with Gasteiger partial charge in [-0.25, -0.2) is 4.57 Å². The van der Waals surface area contributed by atoms with Gasteiger partial charge in [-0.2, -0.15) is 0 Å². The maximum Gasteiger partial charge on any atom is 0.524 e. The first-order valence-electron chi connectivity index (χ1n) is 12.1. The third kappa shape index (κ3) is 7.23. The van der Waals surface area contributed by atoms with Gasteiger partial charge >= 0.3 is 7.82 Å². The van der Waals surface area contributed by atoms with Crippen LogP contribution in [0.1, 0.15) is 57.5 Å². The second kappa shape index (κ2) is 11.6. The third-order valence-electron chi connectivity index (χ3n) is 6.42. The van der Waals surface area contributed by atoms with Crippen molar-refractivity contribution in [3.63, 3.8) is 0 Å². The van der Waals surface area contributed by atoms with Crippen LogP contribution in [0.5, 0.6) is 5.75 Å². The van der Waals surface area contributed by atoms with Gasteiger partial charge in [-0.3, -0.25) is 24.2 Å². The molecule has 37 heavy (non-hydrogen) atoms. The number of phosphoric ester groups is 1. The fourth-order valence-electron chi connectivity index (χ4n) is 4.53. The summed E-state index contributed by atoms with van der Waals surface area (Å²) in [7, 11) is -4.69. The van der Waals surface area contributed by atoms with E-state index in [1.54, 1.807) is 24.3 Å². The number of ketones is 2. The van der Waals surface area contributed by atoms with E-state index >= 15 is 0 Å². The number of benzene rings is 3. The molecule has 8 nitrogen and oxygen atoms in total. The summed E-state index contributed by atoms with van der Waals surface area (Å²) >= 11 is 0. The van der Waals surface area contributed by atoms with Crippen molar-refractivity contribution in [2.45, 2.75) is 38.1 Å². The molecule has 1 aliphatic carbocycles. The van der Waals surface area contributed by atoms with Crippen LogP contribution in [0, 0.1) is 5.92 Å². The topological polar surface area (TPSA) is 130 Å². The van der Waals surface area contributed by atoms with Crippen molar-refractivity contribution in [2.75, 3.05) is 0 Å². The summed E-state index contributed by atoms with van der Waals surface area (Å²) in [5.41, 5.74) is 2.42. The Kier molecular flexibility index (Phi) is 8.34. The van der Waals surface area contributed by atoms with Gasteiger partial charge in [0, 0.05) is 22.6 Å². The summed E-state index contributed by atoms with van der Waals surface area (Å²) in [4.78, 5) is 56.5. The Bertz CT molecular complexity index is 1300. The zero-order valence-corrected chi connectivity index (χ0v) is 21.0. The van der Waals surface area contributed by atoms with Gasteiger partial charge in [-0.05, 0) is 49.1 Å². The minimum absolute atomic E-state index is 0.0169. The smallest absolute Gasteiger partial charge is 0.404 e. The second-order valence-corrected chi connectivity index (χ2v) is 10.3. The molecule has 0 saturated heterocycles. The van der Waals surface area contributed by atoms with Gasteiger partial charge in [0.1, 0.15) is 5.75 Å². The Balaban J connectivity index is 1.39. The number of Topliss-reactive ketones (excluding diaryl/α,β-unsaturated/α-hetero) is 1. The molecular weight excluding hydrogens is 493 g/mol. The van der Waals surface area contributed by atoms with Crippen LogP contribution in [0.25, 0.3) is 0 Å². The quantitative estimate of drug-likeness (QED) is 0.226. The molecule has 1 saturated carbocycles. The van der Waals surface area contributed by atoms with Crippen molar-refractivity contribution >= 4 is 25.3 Å². The van der Waals surface area contributed by atoms with Crippen LogP contribution in [0.2, 0.25) is 0 Å². The van der Waals surface area contributed by atoms with E-state index in [4.69, 9.17) is 9.79 Å². The minimum Gasteiger partial charge on any atom is -0.404 e. The highest BCUT2D eigenvalue weighted by atomic mass is 31.2. The minimum atomic E-state index is -4.69. The molecule has 0 radical (unpaired) electrons. The van der Waals surface area contributed by atoms with Crippen molar-refractivity contribution in [3.8, 4) is 5.75 Å². The Morgan fingerprint density at radius 2 is 1.43 bits per heavy atom. The van der Waals surface area contributed by atoms with E-state index in [2.05, 4.69) is 9.84 Å². The maximum atomic E-state index is 13.3. The molecule has 0 heterocycles. The van der Waals surface area contributed by atoms with Gasteiger partial charge in [0.2, 0.25) is 0 Å². The van der Waals surface area contributed by atoms with Gasteiger partial charge in [-0.1, -0.05) is 67.4 Å². The Hall–Kier alpha value is -3.58. The van der Waals surface area contributed by atoms with Crippen molar-refractivity contribution in [1.82, 2.24) is 5.32 Å². The first kappa shape index (κ1) is 26.5. The summed E-state index contributed by atoms with van der Waals surface area (Å²) in [5.74, 6) is -0.821. The first-order valence-corrected chi connectivity index (χ1v) is 13.6. The molecule has 3 N–H and O–H groups in total. The fourth-order valence-corrected chi connectivity index (χ4v) is 4.93. The number of hydrogen-bond acceptors (Lipinski definition) is 5. The Labute approximate surface area is 214 Å². The van der Waals surface area contributed by atoms with Crippen LogP contribution in [0.15, 0.2) is 78.9 Å². The van der Waals surface area contributed by atoms with Gasteiger partial charge in [0.25, 0.3) is 5.91 Å². The predicted octanol–water partition coefficient (Wildman–Crippen LogP) is 4.49. The number of carbonyl (C=O) groups excluding carboxylic acids is 3. The van der Waals surface area contributed by atoms with Gasteiger partial charge in [-0.15, -0.1) is 0 Å². The molecule has 0 aliphatic heterocycles. The molecule has 0 aromatic heterocycles. The Morgan fingerprint density at radius 3 is 2.08 bits per heavy atom. The second-order valence-electron chi connectivity index (χ2n) is 9.11. The van der Waals surface area contributed by atoms with Crippen LogP contribution in [-0.2, 0) is 15.8 Å². The van der Waals surface area contributed by atoms with Gasteiger partial charge in [0.15, 0.2) is 11.6 Å². The zero-order chi connectivity index (χ0) is 26.4. The number of amides is 1. The molecule has 3 aromatic carbocycles. The number of phosphoric acid groups is 1. The van der Waals surface area contributed by atoms with E-state index in [9.17, 15) is 18.9 Å². The highest BCUT2D eigenvalue weighted by Crippen LogP contribution is 2.37. The summed E-state index contributed by atoms with van der Waals surface area (Å²) in [6, 6.07) is 21.1. The number of hydrogen-bond donors (Lipinski definition) is 3. The predicted molar refractivity (Wildman–Crippen MR) is 137 cm³/mol. The van der Waals surface area contributed by atoms with E-state index in [0.717, 1.165) is 24.8 Å². The third-order valence-corrected chi connectivity index (χ3v) is 6.87. The standard InChI is InChI=1S/C28H28NO7P/c30-26(20-6-2-1-3-7-20)21-12-10-19(11-13-21)18-23-8-4-5-9-25(27(23)31)29-28(32)22-14-16-24(17-15-22)36-37(33,34)35/h1-3,6-7,10-17,23,25H,4-5,8-9,18H2,(H,29,32)(H2,33,34,35). The van der Waals surface area contributed by atoms with Crippen molar-refractivity contribution in [1.29, 1.82) is 0 Å². The van der Waals surface area contributed by atoms with Gasteiger partial charge < -0.3 is 9.84 Å². The SMILES string of the molecule is O=C(NC1CCCCC(Cc2ccc(C(=O)c3ccccc3)cc2)C1=O)c1ccc(OP(=O)(O)O)cc1. The van der Waals surface area contributed by atoms with E-state index in [-0.39, 0.29) is 28.8 Å². The summed E-state index contributed by atoms with van der Waals surface area (Å²) < 4.78 is 15.5. The largest absolute Gasteiger partial charge is 0.524 e. The lowest BCUT2D eigenvalue weighted by Crippen LogP contribution is -2.43. The van der Waals surface area contributed by atoms with Crippen molar-refractivity contribution < 1.29 is 33.3 Å². The Morgan fingerprint density at radius 1 is 0.838 bits per heavy atom. The molecule has 2 atom stereocenters. The molecule has 2 unspecified atom stereocenters. The summed E-state index contributed by atoms with van der Waals surface area (Å²) in [5, 5.41) is 2.82. The number of carbonyl (C=O) groups is 3. The molecule has 1 aliphatic rings. The van der Waals surface area contributed by atoms with Gasteiger partial charge in [0.05, 0.1) is 6.04 Å². The van der Waals surface area contributed by atoms with Crippen LogP contribution in [-0.4, -0.2) is 33.3 Å². The highest BCUT2D eigenvalue weighted by Gasteiger charge is 2.31. The summed E-state index contributed by atoms with van der Waals surface area (Å²) in [6.45, 7) is 0. The fraction of sp³-hybridized carbons (Fsp3) is 0.250. The van der Waals surface area contributed by atoms with E-state index in [1.807, 2.05) is 30.3 Å². The zero-order valence-electron chi connectivity index (χ0n) is 20.1. The normalized spacial score (nSPS) is 18.1.